The molecule has 2 heterocycles. The minimum atomic E-state index is -0.397. The molecule has 168 valence electrons. The summed E-state index contributed by atoms with van der Waals surface area (Å²) in [6, 6.07) is 17.7. The first-order valence-electron chi connectivity index (χ1n) is 11.2. The molecular formula is C27H28N4O2. The Morgan fingerprint density at radius 3 is 2.52 bits per heavy atom. The van der Waals surface area contributed by atoms with Gasteiger partial charge in [-0.2, -0.15) is 0 Å². The molecule has 0 atom stereocenters. The van der Waals surface area contributed by atoms with Crippen LogP contribution in [0.4, 0.5) is 5.69 Å². The second-order valence-electron chi connectivity index (χ2n) is 7.92. The van der Waals surface area contributed by atoms with Gasteiger partial charge in [0.05, 0.1) is 12.8 Å². The Morgan fingerprint density at radius 1 is 1.03 bits per heavy atom. The lowest BCUT2D eigenvalue weighted by Gasteiger charge is -2.36. The topological polar surface area (TPSA) is 71.7 Å². The van der Waals surface area contributed by atoms with E-state index in [0.717, 1.165) is 55.3 Å². The first-order chi connectivity index (χ1) is 16.1. The van der Waals surface area contributed by atoms with Crippen LogP contribution in [0.25, 0.3) is 0 Å². The van der Waals surface area contributed by atoms with Gasteiger partial charge >= 0.3 is 0 Å². The third kappa shape index (κ3) is 5.91. The number of nitrogens with two attached hydrogens (primary N) is 1. The van der Waals surface area contributed by atoms with E-state index < -0.39 is 5.91 Å². The van der Waals surface area contributed by atoms with E-state index in [9.17, 15) is 4.79 Å². The second kappa shape index (κ2) is 10.7. The highest BCUT2D eigenvalue weighted by Crippen LogP contribution is 2.19. The molecule has 0 unspecified atom stereocenters. The maximum atomic E-state index is 11.3. The van der Waals surface area contributed by atoms with Crippen LogP contribution >= 0.6 is 0 Å². The summed E-state index contributed by atoms with van der Waals surface area (Å²) >= 11 is 0. The van der Waals surface area contributed by atoms with Crippen LogP contribution in [-0.4, -0.2) is 48.6 Å². The third-order valence-corrected chi connectivity index (χ3v) is 5.67. The molecule has 1 fully saturated rings. The van der Waals surface area contributed by atoms with Crippen LogP contribution in [0.1, 0.15) is 34.0 Å². The van der Waals surface area contributed by atoms with E-state index in [0.29, 0.717) is 12.2 Å². The Morgan fingerprint density at radius 2 is 1.79 bits per heavy atom. The van der Waals surface area contributed by atoms with Gasteiger partial charge in [0.15, 0.2) is 0 Å². The number of aromatic nitrogens is 1. The molecule has 1 aliphatic heterocycles. The van der Waals surface area contributed by atoms with Crippen molar-refractivity contribution in [2.24, 2.45) is 5.73 Å². The van der Waals surface area contributed by atoms with Gasteiger partial charge in [0, 0.05) is 61.3 Å². The quantitative estimate of drug-likeness (QED) is 0.596. The van der Waals surface area contributed by atoms with E-state index in [1.807, 2.05) is 31.2 Å². The number of carbonyl (C=O) groups excluding carboxylic acids is 1. The van der Waals surface area contributed by atoms with Crippen LogP contribution in [0, 0.1) is 11.8 Å². The van der Waals surface area contributed by atoms with Gasteiger partial charge in [-0.15, -0.1) is 0 Å². The van der Waals surface area contributed by atoms with E-state index in [2.05, 4.69) is 44.8 Å². The predicted molar refractivity (Wildman–Crippen MR) is 130 cm³/mol. The standard InChI is InChI=1S/C27H28N4O2/c1-2-33-26-17-21(18-29-19-26)7-8-22-5-3-4-6-24(22)20-30-13-15-31(16-14-30)25-11-9-23(10-12-25)27(28)32/h3-6,9-12,17-19H,2,13-16,20H2,1H3,(H2,28,32). The van der Waals surface area contributed by atoms with E-state index in [-0.39, 0.29) is 0 Å². The molecule has 0 aliphatic carbocycles. The second-order valence-corrected chi connectivity index (χ2v) is 7.92. The van der Waals surface area contributed by atoms with E-state index >= 15 is 0 Å². The lowest BCUT2D eigenvalue weighted by molar-refractivity contribution is 0.100. The Bertz CT molecular complexity index is 1160. The number of pyridine rings is 1. The third-order valence-electron chi connectivity index (χ3n) is 5.67. The number of benzene rings is 2. The van der Waals surface area contributed by atoms with Gasteiger partial charge in [-0.25, -0.2) is 0 Å². The van der Waals surface area contributed by atoms with Crippen molar-refractivity contribution >= 4 is 11.6 Å². The van der Waals surface area contributed by atoms with Crippen LogP contribution in [0.2, 0.25) is 0 Å². The smallest absolute Gasteiger partial charge is 0.248 e. The maximum Gasteiger partial charge on any atom is 0.248 e. The molecule has 0 radical (unpaired) electrons. The number of rotatable bonds is 6. The lowest BCUT2D eigenvalue weighted by atomic mass is 10.1. The van der Waals surface area contributed by atoms with Crippen molar-refractivity contribution in [1.82, 2.24) is 9.88 Å². The number of primary amides is 1. The SMILES string of the molecule is CCOc1cncc(C#Cc2ccccc2CN2CCN(c3ccc(C(N)=O)cc3)CC2)c1. The minimum Gasteiger partial charge on any atom is -0.492 e. The summed E-state index contributed by atoms with van der Waals surface area (Å²) in [4.78, 5) is 20.3. The minimum absolute atomic E-state index is 0.397. The predicted octanol–water partition coefficient (Wildman–Crippen LogP) is 3.30. The van der Waals surface area contributed by atoms with Gasteiger partial charge in [0.2, 0.25) is 5.91 Å². The van der Waals surface area contributed by atoms with Gasteiger partial charge in [0.1, 0.15) is 5.75 Å². The molecule has 2 aromatic carbocycles. The summed E-state index contributed by atoms with van der Waals surface area (Å²) in [5.41, 5.74) is 10.1. The van der Waals surface area contributed by atoms with Crippen molar-refractivity contribution in [3.8, 4) is 17.6 Å². The monoisotopic (exact) mass is 440 g/mol. The normalized spacial score (nSPS) is 13.8. The van der Waals surface area contributed by atoms with E-state index in [1.165, 1.54) is 5.56 Å². The molecule has 33 heavy (non-hydrogen) atoms. The zero-order valence-corrected chi connectivity index (χ0v) is 18.8. The number of carbonyl (C=O) groups is 1. The van der Waals surface area contributed by atoms with Crippen molar-refractivity contribution in [1.29, 1.82) is 0 Å². The first-order valence-corrected chi connectivity index (χ1v) is 11.2. The molecule has 1 amide bonds. The summed E-state index contributed by atoms with van der Waals surface area (Å²) < 4.78 is 5.52. The molecule has 1 aromatic heterocycles. The van der Waals surface area contributed by atoms with Crippen molar-refractivity contribution in [2.75, 3.05) is 37.7 Å². The molecule has 0 spiro atoms. The number of anilines is 1. The molecule has 6 nitrogen and oxygen atoms in total. The van der Waals surface area contributed by atoms with Crippen LogP contribution < -0.4 is 15.4 Å². The Balaban J connectivity index is 1.39. The lowest BCUT2D eigenvalue weighted by Crippen LogP contribution is -2.46. The average Bonchev–Trinajstić information content (AvgIpc) is 2.84. The highest BCUT2D eigenvalue weighted by atomic mass is 16.5. The fourth-order valence-electron chi connectivity index (χ4n) is 3.89. The number of piperazine rings is 1. The molecule has 4 rings (SSSR count). The molecule has 0 saturated carbocycles. The fourth-order valence-corrected chi connectivity index (χ4v) is 3.89. The summed E-state index contributed by atoms with van der Waals surface area (Å²) in [5, 5.41) is 0. The molecule has 3 aromatic rings. The highest BCUT2D eigenvalue weighted by Gasteiger charge is 2.18. The van der Waals surface area contributed by atoms with Crippen LogP contribution in [0.5, 0.6) is 5.75 Å². The molecule has 2 N–H and O–H groups in total. The van der Waals surface area contributed by atoms with Gasteiger partial charge in [-0.3, -0.25) is 14.7 Å². The molecule has 1 saturated heterocycles. The van der Waals surface area contributed by atoms with Gasteiger partial charge in [0.25, 0.3) is 0 Å². The Kier molecular flexibility index (Phi) is 7.23. The zero-order valence-electron chi connectivity index (χ0n) is 18.8. The van der Waals surface area contributed by atoms with Gasteiger partial charge in [-0.1, -0.05) is 30.0 Å². The average molecular weight is 441 g/mol. The molecule has 0 bridgehead atoms. The van der Waals surface area contributed by atoms with Crippen LogP contribution in [0.15, 0.2) is 67.0 Å². The number of ether oxygens (including phenoxy) is 1. The summed E-state index contributed by atoms with van der Waals surface area (Å²) in [6.07, 6.45) is 3.46. The summed E-state index contributed by atoms with van der Waals surface area (Å²) in [7, 11) is 0. The summed E-state index contributed by atoms with van der Waals surface area (Å²) in [5.74, 6) is 6.88. The van der Waals surface area contributed by atoms with Crippen LogP contribution in [0.3, 0.4) is 0 Å². The number of nitrogens with zero attached hydrogens (tertiary/aromatic N) is 3. The first kappa shape index (κ1) is 22.4. The van der Waals surface area contributed by atoms with Crippen LogP contribution in [-0.2, 0) is 6.54 Å². The Labute approximate surface area is 195 Å². The summed E-state index contributed by atoms with van der Waals surface area (Å²) in [6.45, 7) is 7.19. The van der Waals surface area contributed by atoms with Gasteiger partial charge in [-0.05, 0) is 48.9 Å². The Hall–Kier alpha value is -3.82. The van der Waals surface area contributed by atoms with Gasteiger partial charge < -0.3 is 15.4 Å². The zero-order chi connectivity index (χ0) is 23.0. The van der Waals surface area contributed by atoms with Crippen molar-refractivity contribution in [2.45, 2.75) is 13.5 Å². The van der Waals surface area contributed by atoms with Crippen molar-refractivity contribution in [3.63, 3.8) is 0 Å². The number of amides is 1. The van der Waals surface area contributed by atoms with Crippen molar-refractivity contribution < 1.29 is 9.53 Å². The molecule has 1 aliphatic rings. The molecule has 6 heteroatoms. The highest BCUT2D eigenvalue weighted by molar-refractivity contribution is 5.93. The van der Waals surface area contributed by atoms with Crippen molar-refractivity contribution in [3.05, 3.63) is 89.2 Å². The van der Waals surface area contributed by atoms with E-state index in [4.69, 9.17) is 10.5 Å². The number of hydrogen-bond donors (Lipinski definition) is 1. The fraction of sp³-hybridized carbons (Fsp3) is 0.259. The maximum absolute atomic E-state index is 11.3. The number of hydrogen-bond acceptors (Lipinski definition) is 5. The largest absolute Gasteiger partial charge is 0.492 e. The molecular weight excluding hydrogens is 412 g/mol. The van der Waals surface area contributed by atoms with E-state index in [1.54, 1.807) is 24.5 Å².